The van der Waals surface area contributed by atoms with Gasteiger partial charge in [0, 0.05) is 18.0 Å². The molecule has 0 fully saturated rings. The van der Waals surface area contributed by atoms with Gasteiger partial charge >= 0.3 is 0 Å². The van der Waals surface area contributed by atoms with Gasteiger partial charge in [-0.15, -0.1) is 0 Å². The van der Waals surface area contributed by atoms with Gasteiger partial charge in [0.2, 0.25) is 0 Å². The van der Waals surface area contributed by atoms with E-state index in [1.54, 1.807) is 32.2 Å². The van der Waals surface area contributed by atoms with Crippen molar-refractivity contribution in [1.82, 2.24) is 5.06 Å². The molecule has 118 valence electrons. The molecule has 1 heterocycles. The highest BCUT2D eigenvalue weighted by molar-refractivity contribution is 6.10. The number of furan rings is 1. The largest absolute Gasteiger partial charge is 0.455 e. The van der Waals surface area contributed by atoms with Crippen LogP contribution >= 0.6 is 0 Å². The predicted molar refractivity (Wildman–Crippen MR) is 85.3 cm³/mol. The number of benzene rings is 2. The molecule has 23 heavy (non-hydrogen) atoms. The number of carbonyl (C=O) groups excluding carboxylic acids is 1. The number of hydroxylamine groups is 2. The van der Waals surface area contributed by atoms with Crippen molar-refractivity contribution in [3.05, 3.63) is 59.9 Å². The molecule has 0 N–H and O–H groups in total. The van der Waals surface area contributed by atoms with Crippen molar-refractivity contribution in [2.45, 2.75) is 6.92 Å². The number of nitrogens with zero attached hydrogens (tertiary/aromatic N) is 1. The normalized spacial score (nSPS) is 10.9. The Hall–Kier alpha value is -2.66. The number of fused-ring (bicyclic) bond motifs is 1. The first-order valence-electron chi connectivity index (χ1n) is 7.30. The highest BCUT2D eigenvalue weighted by Crippen LogP contribution is 2.34. The topological polar surface area (TPSA) is 42.7 Å². The fourth-order valence-electron chi connectivity index (χ4n) is 2.47. The van der Waals surface area contributed by atoms with E-state index in [4.69, 9.17) is 9.25 Å². The summed E-state index contributed by atoms with van der Waals surface area (Å²) in [4.78, 5) is 18.0. The van der Waals surface area contributed by atoms with E-state index in [0.717, 1.165) is 0 Å². The molecular weight excluding hydrogens is 297 g/mol. The van der Waals surface area contributed by atoms with Crippen LogP contribution in [0.4, 0.5) is 4.39 Å². The predicted octanol–water partition coefficient (Wildman–Crippen LogP) is 4.26. The zero-order chi connectivity index (χ0) is 16.4. The maximum atomic E-state index is 13.2. The molecule has 4 nitrogen and oxygen atoms in total. The van der Waals surface area contributed by atoms with Crippen molar-refractivity contribution in [3.63, 3.8) is 0 Å². The van der Waals surface area contributed by atoms with Crippen molar-refractivity contribution >= 4 is 16.9 Å². The molecule has 0 radical (unpaired) electrons. The van der Waals surface area contributed by atoms with Gasteiger partial charge in [-0.2, -0.15) is 0 Å². The van der Waals surface area contributed by atoms with Gasteiger partial charge in [-0.3, -0.25) is 9.63 Å². The van der Waals surface area contributed by atoms with Crippen LogP contribution in [0.2, 0.25) is 0 Å². The summed E-state index contributed by atoms with van der Waals surface area (Å²) in [7, 11) is 1.56. The Morgan fingerprint density at radius 2 is 1.87 bits per heavy atom. The van der Waals surface area contributed by atoms with Gasteiger partial charge in [0.05, 0.1) is 12.2 Å². The van der Waals surface area contributed by atoms with Crippen LogP contribution < -0.4 is 0 Å². The minimum Gasteiger partial charge on any atom is -0.455 e. The minimum atomic E-state index is -0.343. The Morgan fingerprint density at radius 1 is 1.17 bits per heavy atom. The molecule has 3 rings (SSSR count). The van der Waals surface area contributed by atoms with Gasteiger partial charge in [-0.25, -0.2) is 9.45 Å². The summed E-state index contributed by atoms with van der Waals surface area (Å²) >= 11 is 0. The summed E-state index contributed by atoms with van der Waals surface area (Å²) in [6.45, 7) is 2.18. The van der Waals surface area contributed by atoms with Crippen LogP contribution in [0.3, 0.4) is 0 Å². The first kappa shape index (κ1) is 15.2. The zero-order valence-electron chi connectivity index (χ0n) is 12.9. The van der Waals surface area contributed by atoms with Crippen LogP contribution in [0.15, 0.2) is 52.9 Å². The molecule has 1 amide bonds. The molecule has 0 saturated carbocycles. The Bertz CT molecular complexity index is 839. The van der Waals surface area contributed by atoms with E-state index in [9.17, 15) is 9.18 Å². The molecule has 0 bridgehead atoms. The molecule has 1 aromatic heterocycles. The van der Waals surface area contributed by atoms with Crippen molar-refractivity contribution in [1.29, 1.82) is 0 Å². The number of halogens is 1. The molecule has 0 saturated heterocycles. The molecule has 0 aliphatic carbocycles. The second kappa shape index (κ2) is 6.22. The molecule has 2 aromatic carbocycles. The Morgan fingerprint density at radius 3 is 2.57 bits per heavy atom. The van der Waals surface area contributed by atoms with Crippen LogP contribution in [-0.4, -0.2) is 24.6 Å². The Labute approximate surface area is 133 Å². The summed E-state index contributed by atoms with van der Waals surface area (Å²) in [6, 6.07) is 13.1. The van der Waals surface area contributed by atoms with Gasteiger partial charge in [-0.1, -0.05) is 18.2 Å². The third kappa shape index (κ3) is 2.83. The monoisotopic (exact) mass is 313 g/mol. The number of hydrogen-bond donors (Lipinski definition) is 0. The first-order chi connectivity index (χ1) is 11.1. The summed E-state index contributed by atoms with van der Waals surface area (Å²) in [5, 5.41) is 1.88. The second-order valence-electron chi connectivity index (χ2n) is 5.03. The summed E-state index contributed by atoms with van der Waals surface area (Å²) < 4.78 is 19.0. The fraction of sp³-hybridized carbons (Fsp3) is 0.167. The molecule has 0 aliphatic heterocycles. The smallest absolute Gasteiger partial charge is 0.281 e. The van der Waals surface area contributed by atoms with E-state index in [-0.39, 0.29) is 11.7 Å². The summed E-state index contributed by atoms with van der Waals surface area (Å²) in [5.74, 6) is -0.247. The lowest BCUT2D eigenvalue weighted by Crippen LogP contribution is -2.27. The van der Waals surface area contributed by atoms with Crippen molar-refractivity contribution in [2.24, 2.45) is 0 Å². The van der Waals surface area contributed by atoms with Gasteiger partial charge in [-0.05, 0) is 37.3 Å². The van der Waals surface area contributed by atoms with Crippen molar-refractivity contribution < 1.29 is 18.4 Å². The van der Waals surface area contributed by atoms with Crippen LogP contribution in [0, 0.1) is 5.82 Å². The van der Waals surface area contributed by atoms with Gasteiger partial charge < -0.3 is 4.42 Å². The first-order valence-corrected chi connectivity index (χ1v) is 7.30. The molecule has 5 heteroatoms. The average molecular weight is 313 g/mol. The highest BCUT2D eigenvalue weighted by Gasteiger charge is 2.24. The highest BCUT2D eigenvalue weighted by atomic mass is 19.1. The number of hydrogen-bond acceptors (Lipinski definition) is 3. The molecule has 0 spiro atoms. The van der Waals surface area contributed by atoms with Gasteiger partial charge in [0.25, 0.3) is 5.91 Å². The van der Waals surface area contributed by atoms with E-state index in [1.165, 1.54) is 17.2 Å². The molecular formula is C18H16FNO3. The van der Waals surface area contributed by atoms with E-state index in [0.29, 0.717) is 34.5 Å². The lowest BCUT2D eigenvalue weighted by atomic mass is 10.0. The molecule has 0 unspecified atom stereocenters. The zero-order valence-corrected chi connectivity index (χ0v) is 12.9. The van der Waals surface area contributed by atoms with E-state index in [1.807, 2.05) is 18.2 Å². The number of carbonyl (C=O) groups is 1. The average Bonchev–Trinajstić information content (AvgIpc) is 2.94. The van der Waals surface area contributed by atoms with E-state index in [2.05, 4.69) is 0 Å². The molecule has 0 atom stereocenters. The maximum Gasteiger partial charge on any atom is 0.281 e. The third-order valence-electron chi connectivity index (χ3n) is 3.52. The number of para-hydroxylation sites is 1. The van der Waals surface area contributed by atoms with Gasteiger partial charge in [0.1, 0.15) is 17.2 Å². The summed E-state index contributed by atoms with van der Waals surface area (Å²) in [6.07, 6.45) is 0. The second-order valence-corrected chi connectivity index (χ2v) is 5.03. The maximum absolute atomic E-state index is 13.2. The van der Waals surface area contributed by atoms with Crippen molar-refractivity contribution in [3.8, 4) is 11.3 Å². The Kier molecular flexibility index (Phi) is 4.12. The fourth-order valence-corrected chi connectivity index (χ4v) is 2.47. The van der Waals surface area contributed by atoms with Crippen LogP contribution in [0.1, 0.15) is 17.3 Å². The number of amides is 1. The number of rotatable bonds is 4. The SMILES string of the molecule is CCON(C)C(=O)c1c(-c2ccc(F)cc2)oc2ccccc12. The van der Waals surface area contributed by atoms with Gasteiger partial charge in [0.15, 0.2) is 0 Å². The third-order valence-corrected chi connectivity index (χ3v) is 3.52. The van der Waals surface area contributed by atoms with Crippen LogP contribution in [0.25, 0.3) is 22.3 Å². The molecule has 0 aliphatic rings. The van der Waals surface area contributed by atoms with Crippen molar-refractivity contribution in [2.75, 3.05) is 13.7 Å². The minimum absolute atomic E-state index is 0.309. The van der Waals surface area contributed by atoms with E-state index >= 15 is 0 Å². The van der Waals surface area contributed by atoms with Crippen LogP contribution in [-0.2, 0) is 4.84 Å². The molecule has 3 aromatic rings. The lowest BCUT2D eigenvalue weighted by Gasteiger charge is -2.15. The summed E-state index contributed by atoms with van der Waals surface area (Å²) in [5.41, 5.74) is 1.64. The lowest BCUT2D eigenvalue weighted by molar-refractivity contribution is -0.0999. The van der Waals surface area contributed by atoms with E-state index < -0.39 is 0 Å². The quantitative estimate of drug-likeness (QED) is 0.676. The standard InChI is InChI=1S/C18H16FNO3/c1-3-22-20(2)18(21)16-14-6-4-5-7-15(14)23-17(16)12-8-10-13(19)11-9-12/h4-11H,3H2,1-2H3. The van der Waals surface area contributed by atoms with Crippen LogP contribution in [0.5, 0.6) is 0 Å². The Balaban J connectivity index is 2.19.